The fraction of sp³-hybridized carbons (Fsp3) is 0.929. The molecule has 4 saturated carbocycles. The van der Waals surface area contributed by atoms with E-state index in [1.165, 1.54) is 128 Å². The topological polar surface area (TPSA) is 103 Å². The van der Waals surface area contributed by atoms with Gasteiger partial charge in [-0.3, -0.25) is 9.59 Å². The molecule has 0 heterocycles. The van der Waals surface area contributed by atoms with Crippen LogP contribution in [0.3, 0.4) is 0 Å². The van der Waals surface area contributed by atoms with Gasteiger partial charge in [-0.1, -0.05) is 128 Å². The van der Waals surface area contributed by atoms with Crippen molar-refractivity contribution in [2.45, 2.75) is 166 Å². The van der Waals surface area contributed by atoms with Crippen LogP contribution in [0, 0.1) is 0 Å². The largest absolute Gasteiger partial charge is 2.00 e. The van der Waals surface area contributed by atoms with Crippen molar-refractivity contribution in [3.05, 3.63) is 10.6 Å². The molecule has 4 rings (SSSR count). The molecule has 0 aromatic rings. The molecule has 6 nitrogen and oxygen atoms in total. The minimum atomic E-state index is -0.833. The van der Waals surface area contributed by atoms with Crippen LogP contribution < -0.4 is 0 Å². The number of carboxylic acids is 2. The maximum atomic E-state index is 9.00. The van der Waals surface area contributed by atoms with E-state index >= 15 is 0 Å². The van der Waals surface area contributed by atoms with E-state index in [4.69, 9.17) is 30.4 Å². The molecule has 0 saturated heterocycles. The summed E-state index contributed by atoms with van der Waals surface area (Å²) in [6.45, 7) is 2.17. The zero-order chi connectivity index (χ0) is 25.0. The van der Waals surface area contributed by atoms with Crippen molar-refractivity contribution >= 4 is 11.9 Å². The average molecular weight is 587 g/mol. The van der Waals surface area contributed by atoms with Gasteiger partial charge in [-0.05, 0) is 0 Å². The van der Waals surface area contributed by atoms with Crippen LogP contribution in [0.25, 0.3) is 10.6 Å². The van der Waals surface area contributed by atoms with Crippen molar-refractivity contribution in [1.29, 1.82) is 0 Å². The molecular weight excluding hydrogens is 535 g/mol. The maximum Gasteiger partial charge on any atom is 2.00 e. The second kappa shape index (κ2) is 22.7. The number of rotatable bonds is 4. The fourth-order valence-electron chi connectivity index (χ4n) is 5.52. The molecule has 208 valence electrons. The van der Waals surface area contributed by atoms with Gasteiger partial charge in [-0.25, -0.2) is 0 Å². The molecule has 4 fully saturated rings. The number of hydrogen-bond acceptors (Lipinski definition) is 2. The van der Waals surface area contributed by atoms with Gasteiger partial charge >= 0.3 is 20.4 Å². The molecule has 0 bridgehead atoms. The normalized spacial score (nSPS) is 22.0. The molecule has 7 heteroatoms. The van der Waals surface area contributed by atoms with E-state index in [0.717, 1.165) is 38.0 Å². The van der Waals surface area contributed by atoms with Crippen LogP contribution in [0.5, 0.6) is 0 Å². The van der Waals surface area contributed by atoms with Gasteiger partial charge in [-0.2, -0.15) is 0 Å². The third-order valence-corrected chi connectivity index (χ3v) is 7.14. The Bertz CT molecular complexity index is 425. The Balaban J connectivity index is 0.000000499. The van der Waals surface area contributed by atoms with Crippen molar-refractivity contribution in [2.75, 3.05) is 0 Å². The molecule has 4 aliphatic carbocycles. The third-order valence-electron chi connectivity index (χ3n) is 7.14. The first-order valence-electron chi connectivity index (χ1n) is 14.2. The number of carbonyl (C=O) groups is 2. The molecule has 0 unspecified atom stereocenters. The van der Waals surface area contributed by atoms with Crippen LogP contribution in [-0.4, -0.2) is 46.3 Å². The van der Waals surface area contributed by atoms with Crippen LogP contribution >= 0.6 is 0 Å². The molecule has 0 aromatic heterocycles. The second-order valence-electron chi connectivity index (χ2n) is 10.5. The minimum absolute atomic E-state index is 0. The summed E-state index contributed by atoms with van der Waals surface area (Å²) in [5.41, 5.74) is 0. The van der Waals surface area contributed by atoms with Gasteiger partial charge in [0.1, 0.15) is 0 Å². The van der Waals surface area contributed by atoms with E-state index in [1.807, 2.05) is 0 Å². The Morgan fingerprint density at radius 2 is 0.600 bits per heavy atom. The van der Waals surface area contributed by atoms with Gasteiger partial charge in [0.25, 0.3) is 11.9 Å². The van der Waals surface area contributed by atoms with Crippen LogP contribution in [-0.2, 0) is 30.0 Å². The Morgan fingerprint density at radius 3 is 0.743 bits per heavy atom. The van der Waals surface area contributed by atoms with E-state index in [1.54, 1.807) is 0 Å². The zero-order valence-electron chi connectivity index (χ0n) is 22.4. The number of hydrogen-bond donors (Lipinski definition) is 2. The SMILES string of the molecule is C1CCC([N-]C2CCCCC2)CC1.C1CCC([N-]C2CCCCC2)CC1.CC(=O)O.CC(=O)O.[Pd+2]. The van der Waals surface area contributed by atoms with Crippen molar-refractivity contribution in [3.63, 3.8) is 0 Å². The quantitative estimate of drug-likeness (QED) is 0.324. The van der Waals surface area contributed by atoms with Gasteiger partial charge in [0.15, 0.2) is 0 Å². The molecule has 0 spiro atoms. The summed E-state index contributed by atoms with van der Waals surface area (Å²) in [4.78, 5) is 18.0. The number of carboxylic acid groups (broad SMARTS) is 2. The third kappa shape index (κ3) is 21.3. The fourth-order valence-corrected chi connectivity index (χ4v) is 5.52. The van der Waals surface area contributed by atoms with Gasteiger partial charge in [-0.15, -0.1) is 24.2 Å². The summed E-state index contributed by atoms with van der Waals surface area (Å²) in [6.07, 6.45) is 28.4. The van der Waals surface area contributed by atoms with Gasteiger partial charge in [0, 0.05) is 13.8 Å². The zero-order valence-corrected chi connectivity index (χ0v) is 23.9. The molecule has 0 atom stereocenters. The molecule has 0 aliphatic heterocycles. The molecule has 0 amide bonds. The Hall–Kier alpha value is -0.478. The summed E-state index contributed by atoms with van der Waals surface area (Å²) in [7, 11) is 0. The molecule has 0 radical (unpaired) electrons. The summed E-state index contributed by atoms with van der Waals surface area (Å²) in [6, 6.07) is 2.99. The van der Waals surface area contributed by atoms with E-state index < -0.39 is 11.9 Å². The summed E-state index contributed by atoms with van der Waals surface area (Å²) in [5, 5.41) is 24.8. The second-order valence-corrected chi connectivity index (χ2v) is 10.5. The van der Waals surface area contributed by atoms with Crippen molar-refractivity contribution in [2.24, 2.45) is 0 Å². The first kappa shape index (κ1) is 34.5. The predicted octanol–water partition coefficient (Wildman–Crippen LogP) is 8.23. The van der Waals surface area contributed by atoms with E-state index in [0.29, 0.717) is 0 Å². The molecular formula is C28H52N2O4Pd. The smallest absolute Gasteiger partial charge is 0.657 e. The Morgan fingerprint density at radius 1 is 0.457 bits per heavy atom. The van der Waals surface area contributed by atoms with Gasteiger partial charge in [0.2, 0.25) is 0 Å². The first-order chi connectivity index (χ1) is 16.4. The Kier molecular flexibility index (Phi) is 22.4. The van der Waals surface area contributed by atoms with Crippen LogP contribution in [0.1, 0.15) is 142 Å². The monoisotopic (exact) mass is 586 g/mol. The first-order valence-corrected chi connectivity index (χ1v) is 14.2. The molecule has 35 heavy (non-hydrogen) atoms. The molecule has 2 N–H and O–H groups in total. The summed E-state index contributed by atoms with van der Waals surface area (Å²) >= 11 is 0. The standard InChI is InChI=1S/2C12H22N.2C2H4O2.Pd/c2*1-3-7-11(8-4-1)13-12-9-5-2-6-10-12;2*1-2(3)4;/h2*11-12H,1-10H2;2*1H3,(H,3,4);/q2*-1;;;+2. The van der Waals surface area contributed by atoms with Crippen molar-refractivity contribution in [1.82, 2.24) is 0 Å². The Labute approximate surface area is 228 Å². The molecule has 4 aliphatic rings. The van der Waals surface area contributed by atoms with Crippen LogP contribution in [0.2, 0.25) is 0 Å². The summed E-state index contributed by atoms with van der Waals surface area (Å²) < 4.78 is 0. The van der Waals surface area contributed by atoms with Gasteiger partial charge in [0.05, 0.1) is 0 Å². The van der Waals surface area contributed by atoms with Crippen molar-refractivity contribution < 1.29 is 40.2 Å². The van der Waals surface area contributed by atoms with Gasteiger partial charge < -0.3 is 20.8 Å². The average Bonchev–Trinajstić information content (AvgIpc) is 2.82. The van der Waals surface area contributed by atoms with Crippen LogP contribution in [0.4, 0.5) is 0 Å². The van der Waals surface area contributed by atoms with Crippen molar-refractivity contribution in [3.8, 4) is 0 Å². The predicted molar refractivity (Wildman–Crippen MR) is 141 cm³/mol. The van der Waals surface area contributed by atoms with E-state index in [2.05, 4.69) is 0 Å². The number of nitrogens with zero attached hydrogens (tertiary/aromatic N) is 2. The van der Waals surface area contributed by atoms with Crippen LogP contribution in [0.15, 0.2) is 0 Å². The van der Waals surface area contributed by atoms with E-state index in [9.17, 15) is 0 Å². The minimum Gasteiger partial charge on any atom is -0.657 e. The maximum absolute atomic E-state index is 9.00. The summed E-state index contributed by atoms with van der Waals surface area (Å²) in [5.74, 6) is -1.67. The van der Waals surface area contributed by atoms with E-state index in [-0.39, 0.29) is 20.4 Å². The number of aliphatic carboxylic acids is 2. The molecule has 0 aromatic carbocycles.